The highest BCUT2D eigenvalue weighted by Crippen LogP contribution is 2.24. The summed E-state index contributed by atoms with van der Waals surface area (Å²) in [6, 6.07) is 0. The van der Waals surface area contributed by atoms with Crippen LogP contribution in [-0.2, 0) is 11.2 Å². The molecular weight excluding hydrogens is 260 g/mol. The first-order chi connectivity index (χ1) is 9.29. The van der Waals surface area contributed by atoms with Crippen LogP contribution in [0.15, 0.2) is 5.38 Å². The Labute approximate surface area is 118 Å². The van der Waals surface area contributed by atoms with Crippen molar-refractivity contribution in [2.24, 2.45) is 0 Å². The molecule has 0 atom stereocenters. The number of rotatable bonds is 7. The van der Waals surface area contributed by atoms with E-state index < -0.39 is 0 Å². The Kier molecular flexibility index (Phi) is 5.60. The fourth-order valence-electron chi connectivity index (χ4n) is 2.12. The van der Waals surface area contributed by atoms with E-state index in [2.05, 4.69) is 25.9 Å². The fraction of sp³-hybridized carbons (Fsp3) is 0.692. The quantitative estimate of drug-likeness (QED) is 0.784. The Bertz CT molecular complexity index is 401. The van der Waals surface area contributed by atoms with Crippen molar-refractivity contribution in [3.8, 4) is 0 Å². The summed E-state index contributed by atoms with van der Waals surface area (Å²) in [4.78, 5) is 18.4. The zero-order chi connectivity index (χ0) is 13.5. The van der Waals surface area contributed by atoms with E-state index in [1.807, 2.05) is 7.05 Å². The van der Waals surface area contributed by atoms with Crippen molar-refractivity contribution in [3.63, 3.8) is 0 Å². The normalized spacial score (nSPS) is 14.9. The third-order valence-corrected chi connectivity index (χ3v) is 4.17. The van der Waals surface area contributed by atoms with Gasteiger partial charge in [-0.1, -0.05) is 0 Å². The number of nitrogens with zero attached hydrogens (tertiary/aromatic N) is 2. The molecule has 1 aliphatic heterocycles. The lowest BCUT2D eigenvalue weighted by Crippen LogP contribution is -2.28. The average Bonchev–Trinajstić information content (AvgIpc) is 3.06. The SMILES string of the molecule is CNCCC(=O)NCCc1csc(N2CCCC2)n1. The molecule has 0 aliphatic carbocycles. The molecule has 0 bridgehead atoms. The van der Waals surface area contributed by atoms with Crippen LogP contribution in [0.25, 0.3) is 0 Å². The molecule has 1 aromatic rings. The van der Waals surface area contributed by atoms with Crippen LogP contribution in [0.2, 0.25) is 0 Å². The molecule has 5 nitrogen and oxygen atoms in total. The Morgan fingerprint density at radius 1 is 1.42 bits per heavy atom. The van der Waals surface area contributed by atoms with E-state index >= 15 is 0 Å². The van der Waals surface area contributed by atoms with Crippen LogP contribution < -0.4 is 15.5 Å². The summed E-state index contributed by atoms with van der Waals surface area (Å²) in [5.41, 5.74) is 1.08. The van der Waals surface area contributed by atoms with E-state index in [1.54, 1.807) is 11.3 Å². The zero-order valence-corrected chi connectivity index (χ0v) is 12.3. The number of thiazole rings is 1. The molecule has 2 heterocycles. The van der Waals surface area contributed by atoms with Gasteiger partial charge in [-0.05, 0) is 19.9 Å². The van der Waals surface area contributed by atoms with Gasteiger partial charge in [0.25, 0.3) is 0 Å². The topological polar surface area (TPSA) is 57.3 Å². The van der Waals surface area contributed by atoms with Gasteiger partial charge in [0.1, 0.15) is 0 Å². The molecule has 2 rings (SSSR count). The van der Waals surface area contributed by atoms with E-state index in [9.17, 15) is 4.79 Å². The Balaban J connectivity index is 1.70. The number of anilines is 1. The van der Waals surface area contributed by atoms with Crippen LogP contribution in [0.3, 0.4) is 0 Å². The molecule has 0 spiro atoms. The Hall–Kier alpha value is -1.14. The van der Waals surface area contributed by atoms with Gasteiger partial charge in [0.15, 0.2) is 5.13 Å². The second-order valence-electron chi connectivity index (χ2n) is 4.77. The fourth-order valence-corrected chi connectivity index (χ4v) is 3.04. The number of hydrogen-bond donors (Lipinski definition) is 2. The Morgan fingerprint density at radius 3 is 2.95 bits per heavy atom. The minimum atomic E-state index is 0.101. The molecule has 0 unspecified atom stereocenters. The summed E-state index contributed by atoms with van der Waals surface area (Å²) in [6.45, 7) is 3.66. The van der Waals surface area contributed by atoms with E-state index in [-0.39, 0.29) is 5.91 Å². The van der Waals surface area contributed by atoms with Crippen molar-refractivity contribution in [1.29, 1.82) is 0 Å². The maximum absolute atomic E-state index is 11.4. The van der Waals surface area contributed by atoms with Gasteiger partial charge in [-0.2, -0.15) is 0 Å². The second-order valence-corrected chi connectivity index (χ2v) is 5.61. The van der Waals surface area contributed by atoms with Gasteiger partial charge in [0.05, 0.1) is 5.69 Å². The van der Waals surface area contributed by atoms with Crippen LogP contribution in [0.4, 0.5) is 5.13 Å². The van der Waals surface area contributed by atoms with Crippen LogP contribution in [-0.4, -0.2) is 44.1 Å². The van der Waals surface area contributed by atoms with E-state index in [0.717, 1.165) is 36.9 Å². The number of nitrogens with one attached hydrogen (secondary N) is 2. The molecule has 6 heteroatoms. The lowest BCUT2D eigenvalue weighted by molar-refractivity contribution is -0.120. The maximum atomic E-state index is 11.4. The molecule has 1 fully saturated rings. The molecule has 0 saturated carbocycles. The predicted molar refractivity (Wildman–Crippen MR) is 78.8 cm³/mol. The van der Waals surface area contributed by atoms with Gasteiger partial charge in [-0.25, -0.2) is 4.98 Å². The molecule has 1 aromatic heterocycles. The second kappa shape index (κ2) is 7.45. The third kappa shape index (κ3) is 4.47. The van der Waals surface area contributed by atoms with Crippen molar-refractivity contribution in [2.75, 3.05) is 38.1 Å². The number of hydrogen-bond acceptors (Lipinski definition) is 5. The number of amides is 1. The molecule has 1 aliphatic rings. The van der Waals surface area contributed by atoms with Gasteiger partial charge < -0.3 is 15.5 Å². The van der Waals surface area contributed by atoms with Crippen LogP contribution in [0.5, 0.6) is 0 Å². The summed E-state index contributed by atoms with van der Waals surface area (Å²) in [5.74, 6) is 0.101. The zero-order valence-electron chi connectivity index (χ0n) is 11.4. The average molecular weight is 282 g/mol. The van der Waals surface area contributed by atoms with Crippen molar-refractivity contribution < 1.29 is 4.79 Å². The molecule has 0 aromatic carbocycles. The number of carbonyl (C=O) groups is 1. The van der Waals surface area contributed by atoms with Crippen LogP contribution in [0.1, 0.15) is 25.0 Å². The molecule has 106 valence electrons. The van der Waals surface area contributed by atoms with Crippen molar-refractivity contribution in [2.45, 2.75) is 25.7 Å². The molecule has 1 amide bonds. The van der Waals surface area contributed by atoms with E-state index in [0.29, 0.717) is 13.0 Å². The summed E-state index contributed by atoms with van der Waals surface area (Å²) in [7, 11) is 1.85. The molecule has 1 saturated heterocycles. The highest BCUT2D eigenvalue weighted by Gasteiger charge is 2.15. The summed E-state index contributed by atoms with van der Waals surface area (Å²) < 4.78 is 0. The van der Waals surface area contributed by atoms with Crippen molar-refractivity contribution in [1.82, 2.24) is 15.6 Å². The maximum Gasteiger partial charge on any atom is 0.221 e. The van der Waals surface area contributed by atoms with Gasteiger partial charge >= 0.3 is 0 Å². The smallest absolute Gasteiger partial charge is 0.221 e. The monoisotopic (exact) mass is 282 g/mol. The van der Waals surface area contributed by atoms with Crippen LogP contribution >= 0.6 is 11.3 Å². The summed E-state index contributed by atoms with van der Waals surface area (Å²) in [6.07, 6.45) is 3.90. The van der Waals surface area contributed by atoms with Crippen LogP contribution in [0, 0.1) is 0 Å². The summed E-state index contributed by atoms with van der Waals surface area (Å²) >= 11 is 1.71. The first-order valence-electron chi connectivity index (χ1n) is 6.90. The number of aromatic nitrogens is 1. The van der Waals surface area contributed by atoms with Crippen molar-refractivity contribution >= 4 is 22.4 Å². The minimum absolute atomic E-state index is 0.101. The van der Waals surface area contributed by atoms with E-state index in [4.69, 9.17) is 0 Å². The predicted octanol–water partition coefficient (Wildman–Crippen LogP) is 1.01. The number of carbonyl (C=O) groups excluding carboxylic acids is 1. The highest BCUT2D eigenvalue weighted by molar-refractivity contribution is 7.13. The van der Waals surface area contributed by atoms with Gasteiger partial charge in [-0.3, -0.25) is 4.79 Å². The Morgan fingerprint density at radius 2 is 2.21 bits per heavy atom. The lowest BCUT2D eigenvalue weighted by atomic mass is 10.3. The third-order valence-electron chi connectivity index (χ3n) is 3.22. The summed E-state index contributed by atoms with van der Waals surface area (Å²) in [5, 5.41) is 9.12. The van der Waals surface area contributed by atoms with Gasteiger partial charge in [0, 0.05) is 44.4 Å². The molecular formula is C13H22N4OS. The van der Waals surface area contributed by atoms with E-state index in [1.165, 1.54) is 12.8 Å². The largest absolute Gasteiger partial charge is 0.356 e. The van der Waals surface area contributed by atoms with Gasteiger partial charge in [-0.15, -0.1) is 11.3 Å². The highest BCUT2D eigenvalue weighted by atomic mass is 32.1. The molecule has 0 radical (unpaired) electrons. The minimum Gasteiger partial charge on any atom is -0.356 e. The molecule has 2 N–H and O–H groups in total. The van der Waals surface area contributed by atoms with Gasteiger partial charge in [0.2, 0.25) is 5.91 Å². The standard InChI is InChI=1S/C13H22N4OS/c1-14-6-5-12(18)15-7-4-11-10-19-13(16-11)17-8-2-3-9-17/h10,14H,2-9H2,1H3,(H,15,18). The van der Waals surface area contributed by atoms with Crippen molar-refractivity contribution in [3.05, 3.63) is 11.1 Å². The first kappa shape index (κ1) is 14.3. The lowest BCUT2D eigenvalue weighted by Gasteiger charge is -2.12. The first-order valence-corrected chi connectivity index (χ1v) is 7.78. The molecule has 19 heavy (non-hydrogen) atoms.